The highest BCUT2D eigenvalue weighted by atomic mass is 16.5. The predicted molar refractivity (Wildman–Crippen MR) is 133 cm³/mol. The maximum Gasteiger partial charge on any atom is 0.273 e. The number of aryl methyl sites for hydroxylation is 2. The van der Waals surface area contributed by atoms with Crippen molar-refractivity contribution in [3.05, 3.63) is 70.9 Å². The maximum atomic E-state index is 13.4. The van der Waals surface area contributed by atoms with Crippen LogP contribution in [0, 0.1) is 13.8 Å². The van der Waals surface area contributed by atoms with Crippen molar-refractivity contribution in [3.8, 4) is 28.5 Å². The Morgan fingerprint density at radius 3 is 2.69 bits per heavy atom. The Balaban J connectivity index is 1.88. The van der Waals surface area contributed by atoms with Crippen LogP contribution in [-0.2, 0) is 4.74 Å². The molecule has 35 heavy (non-hydrogen) atoms. The third-order valence-electron chi connectivity index (χ3n) is 6.04. The average Bonchev–Trinajstić information content (AvgIpc) is 3.35. The highest BCUT2D eigenvalue weighted by molar-refractivity contribution is 6.00. The maximum absolute atomic E-state index is 13.4. The van der Waals surface area contributed by atoms with Gasteiger partial charge in [-0.2, -0.15) is 5.10 Å². The third-order valence-corrected chi connectivity index (χ3v) is 6.04. The van der Waals surface area contributed by atoms with Gasteiger partial charge >= 0.3 is 0 Å². The van der Waals surface area contributed by atoms with Crippen molar-refractivity contribution in [3.63, 3.8) is 0 Å². The van der Waals surface area contributed by atoms with Gasteiger partial charge in [-0.1, -0.05) is 24.8 Å². The molecule has 1 aliphatic heterocycles. The number of hydrogen-bond acceptors (Lipinski definition) is 6. The fourth-order valence-corrected chi connectivity index (χ4v) is 4.64. The molecule has 3 aromatic rings. The molecule has 8 nitrogen and oxygen atoms in total. The molecule has 1 aliphatic rings. The third kappa shape index (κ3) is 4.49. The first-order valence-corrected chi connectivity index (χ1v) is 11.6. The molecule has 184 valence electrons. The first-order valence-electron chi connectivity index (χ1n) is 11.6. The van der Waals surface area contributed by atoms with Crippen LogP contribution in [-0.4, -0.2) is 59.6 Å². The van der Waals surface area contributed by atoms with Gasteiger partial charge in [0.25, 0.3) is 5.91 Å². The van der Waals surface area contributed by atoms with E-state index in [1.807, 2.05) is 45.0 Å². The van der Waals surface area contributed by atoms with E-state index in [4.69, 9.17) is 14.2 Å². The lowest BCUT2D eigenvalue weighted by Crippen LogP contribution is -2.32. The summed E-state index contributed by atoms with van der Waals surface area (Å²) in [6.45, 7) is 11.0. The van der Waals surface area contributed by atoms with Crippen molar-refractivity contribution in [1.29, 1.82) is 0 Å². The molecule has 0 spiro atoms. The zero-order chi connectivity index (χ0) is 25.1. The minimum Gasteiger partial charge on any atom is -0.507 e. The molecular weight excluding hydrogens is 446 g/mol. The molecule has 1 amide bonds. The molecule has 4 rings (SSSR count). The van der Waals surface area contributed by atoms with Gasteiger partial charge in [-0.25, -0.2) is 0 Å². The van der Waals surface area contributed by atoms with Gasteiger partial charge in [0.2, 0.25) is 0 Å². The van der Waals surface area contributed by atoms with E-state index in [2.05, 4.69) is 16.8 Å². The SMILES string of the molecule is C=CCOc1ccc(C2c3c(-c4c(C)cc(C)cc4O)n[nH]c3C(=O)N2CCOC)cc1OCC. The van der Waals surface area contributed by atoms with Crippen molar-refractivity contribution in [2.45, 2.75) is 26.8 Å². The summed E-state index contributed by atoms with van der Waals surface area (Å²) < 4.78 is 16.9. The van der Waals surface area contributed by atoms with Gasteiger partial charge in [-0.15, -0.1) is 0 Å². The van der Waals surface area contributed by atoms with Crippen LogP contribution in [0.2, 0.25) is 0 Å². The number of phenolic OH excluding ortho intramolecular Hbond substituents is 1. The van der Waals surface area contributed by atoms with Gasteiger partial charge in [-0.3, -0.25) is 9.89 Å². The molecule has 0 bridgehead atoms. The fraction of sp³-hybridized carbons (Fsp3) is 0.333. The molecule has 0 aliphatic carbocycles. The lowest BCUT2D eigenvalue weighted by Gasteiger charge is -2.27. The van der Waals surface area contributed by atoms with Crippen LogP contribution < -0.4 is 9.47 Å². The first-order chi connectivity index (χ1) is 16.9. The van der Waals surface area contributed by atoms with Crippen molar-refractivity contribution in [2.75, 3.05) is 33.5 Å². The molecule has 0 radical (unpaired) electrons. The molecule has 8 heteroatoms. The second-order valence-corrected chi connectivity index (χ2v) is 8.47. The van der Waals surface area contributed by atoms with Gasteiger partial charge in [-0.05, 0) is 55.7 Å². The number of phenols is 1. The molecule has 0 saturated carbocycles. The van der Waals surface area contributed by atoms with E-state index in [0.717, 1.165) is 22.3 Å². The fourth-order valence-electron chi connectivity index (χ4n) is 4.64. The summed E-state index contributed by atoms with van der Waals surface area (Å²) >= 11 is 0. The number of carbonyl (C=O) groups excluding carboxylic acids is 1. The van der Waals surface area contributed by atoms with Gasteiger partial charge in [0.15, 0.2) is 11.5 Å². The van der Waals surface area contributed by atoms with Crippen LogP contribution in [0.15, 0.2) is 43.0 Å². The summed E-state index contributed by atoms with van der Waals surface area (Å²) in [5.41, 5.74) is 4.95. The lowest BCUT2D eigenvalue weighted by atomic mass is 9.93. The topological polar surface area (TPSA) is 96.9 Å². The largest absolute Gasteiger partial charge is 0.507 e. The molecule has 0 saturated heterocycles. The number of hydrogen-bond donors (Lipinski definition) is 2. The Kier molecular flexibility index (Phi) is 7.12. The first kappa shape index (κ1) is 24.3. The molecule has 0 fully saturated rings. The number of amides is 1. The van der Waals surface area contributed by atoms with Crippen molar-refractivity contribution in [2.24, 2.45) is 0 Å². The summed E-state index contributed by atoms with van der Waals surface area (Å²) in [7, 11) is 1.61. The number of aromatic amines is 1. The highest BCUT2D eigenvalue weighted by Crippen LogP contribution is 2.46. The van der Waals surface area contributed by atoms with Crippen molar-refractivity contribution < 1.29 is 24.1 Å². The number of fused-ring (bicyclic) bond motifs is 1. The van der Waals surface area contributed by atoms with Crippen molar-refractivity contribution in [1.82, 2.24) is 15.1 Å². The zero-order valence-corrected chi connectivity index (χ0v) is 20.6. The van der Waals surface area contributed by atoms with Crippen LogP contribution in [0.1, 0.15) is 45.7 Å². The zero-order valence-electron chi connectivity index (χ0n) is 20.6. The van der Waals surface area contributed by atoms with E-state index < -0.39 is 6.04 Å². The summed E-state index contributed by atoms with van der Waals surface area (Å²) in [4.78, 5) is 15.2. The number of rotatable bonds is 10. The molecule has 1 atom stereocenters. The van der Waals surface area contributed by atoms with E-state index >= 15 is 0 Å². The minimum atomic E-state index is -0.450. The Labute approximate surface area is 205 Å². The normalized spacial score (nSPS) is 14.8. The Morgan fingerprint density at radius 2 is 2.00 bits per heavy atom. The van der Waals surface area contributed by atoms with Crippen LogP contribution in [0.3, 0.4) is 0 Å². The van der Waals surface area contributed by atoms with Gasteiger partial charge in [0, 0.05) is 24.8 Å². The monoisotopic (exact) mass is 477 g/mol. The number of benzene rings is 2. The second-order valence-electron chi connectivity index (χ2n) is 8.47. The van der Waals surface area contributed by atoms with E-state index in [1.165, 1.54) is 0 Å². The van der Waals surface area contributed by atoms with Gasteiger partial charge in [0.05, 0.1) is 19.3 Å². The summed E-state index contributed by atoms with van der Waals surface area (Å²) in [6, 6.07) is 8.91. The molecule has 1 unspecified atom stereocenters. The number of H-pyrrole nitrogens is 1. The summed E-state index contributed by atoms with van der Waals surface area (Å²) in [6.07, 6.45) is 1.67. The van der Waals surface area contributed by atoms with E-state index in [-0.39, 0.29) is 11.7 Å². The summed E-state index contributed by atoms with van der Waals surface area (Å²) in [5, 5.41) is 18.2. The predicted octanol–water partition coefficient (Wildman–Crippen LogP) is 4.55. The highest BCUT2D eigenvalue weighted by Gasteiger charge is 2.42. The van der Waals surface area contributed by atoms with E-state index in [0.29, 0.717) is 54.8 Å². The number of methoxy groups -OCH3 is 1. The number of nitrogens with one attached hydrogen (secondary N) is 1. The second kappa shape index (κ2) is 10.2. The lowest BCUT2D eigenvalue weighted by molar-refractivity contribution is 0.0677. The van der Waals surface area contributed by atoms with Crippen LogP contribution in [0.25, 0.3) is 11.3 Å². The Morgan fingerprint density at radius 1 is 1.20 bits per heavy atom. The molecule has 2 heterocycles. The van der Waals surface area contributed by atoms with E-state index in [9.17, 15) is 9.90 Å². The number of aromatic hydroxyl groups is 1. The average molecular weight is 478 g/mol. The van der Waals surface area contributed by atoms with E-state index in [1.54, 1.807) is 24.2 Å². The van der Waals surface area contributed by atoms with Crippen LogP contribution in [0.4, 0.5) is 0 Å². The smallest absolute Gasteiger partial charge is 0.273 e. The van der Waals surface area contributed by atoms with Gasteiger partial charge in [0.1, 0.15) is 23.7 Å². The summed E-state index contributed by atoms with van der Waals surface area (Å²) in [5.74, 6) is 1.14. The molecule has 1 aromatic heterocycles. The Hall–Kier alpha value is -3.78. The molecule has 2 aromatic carbocycles. The number of carbonyl (C=O) groups is 1. The quantitative estimate of drug-likeness (QED) is 0.416. The standard InChI is InChI=1S/C27H31N3O5/c1-6-11-35-20-9-8-18(15-21(20)34-7-2)26-23-24(22-17(4)13-16(3)14-19(22)31)28-29-25(23)27(32)30(26)10-12-33-5/h6,8-9,13-15,26,31H,1,7,10-12H2,2-5H3,(H,28,29). The molecular formula is C27H31N3O5. The van der Waals surface area contributed by atoms with Gasteiger partial charge < -0.3 is 24.2 Å². The van der Waals surface area contributed by atoms with Crippen LogP contribution in [0.5, 0.6) is 17.2 Å². The Bertz CT molecular complexity index is 1230. The van der Waals surface area contributed by atoms with Crippen LogP contribution >= 0.6 is 0 Å². The minimum absolute atomic E-state index is 0.126. The molecule has 2 N–H and O–H groups in total. The number of nitrogens with zero attached hydrogens (tertiary/aromatic N) is 2. The number of aromatic nitrogens is 2. The number of ether oxygens (including phenoxy) is 3. The van der Waals surface area contributed by atoms with Crippen molar-refractivity contribution >= 4 is 5.91 Å².